The van der Waals surface area contributed by atoms with Crippen LogP contribution in [0.3, 0.4) is 0 Å². The van der Waals surface area contributed by atoms with Crippen LogP contribution in [0.15, 0.2) is 53.4 Å². The van der Waals surface area contributed by atoms with Crippen molar-refractivity contribution in [2.45, 2.75) is 37.6 Å². The third-order valence-electron chi connectivity index (χ3n) is 6.57. The molecule has 0 saturated carbocycles. The summed E-state index contributed by atoms with van der Waals surface area (Å²) in [5.74, 6) is -0.0459. The van der Waals surface area contributed by atoms with Crippen molar-refractivity contribution in [3.05, 3.63) is 65.2 Å². The molecule has 2 fully saturated rings. The van der Waals surface area contributed by atoms with Crippen molar-refractivity contribution in [3.63, 3.8) is 0 Å². The Balaban J connectivity index is 1.37. The second kappa shape index (κ2) is 10.2. The van der Waals surface area contributed by atoms with Crippen molar-refractivity contribution in [2.24, 2.45) is 0 Å². The van der Waals surface area contributed by atoms with Gasteiger partial charge < -0.3 is 9.64 Å². The van der Waals surface area contributed by atoms with Gasteiger partial charge in [-0.2, -0.15) is 4.31 Å². The summed E-state index contributed by atoms with van der Waals surface area (Å²) in [4.78, 5) is 17.5. The van der Waals surface area contributed by atoms with E-state index in [0.717, 1.165) is 44.0 Å². The van der Waals surface area contributed by atoms with Crippen LogP contribution in [-0.4, -0.2) is 80.9 Å². The van der Waals surface area contributed by atoms with Crippen LogP contribution in [0.5, 0.6) is 0 Å². The van der Waals surface area contributed by atoms with E-state index < -0.39 is 10.0 Å². The third-order valence-corrected chi connectivity index (χ3v) is 8.48. The molecule has 1 amide bonds. The Kier molecular flexibility index (Phi) is 7.42. The summed E-state index contributed by atoms with van der Waals surface area (Å²) in [7, 11) is -3.58. The summed E-state index contributed by atoms with van der Waals surface area (Å²) in [5.41, 5.74) is 2.82. The van der Waals surface area contributed by atoms with E-state index in [1.165, 1.54) is 4.31 Å². The SMILES string of the molecule is CC(C)(C)c1ccc(S(=O)(=O)N2CCN(C(=O)c3cccc(CN4CCOCC4)c3)CC2)cc1. The molecule has 0 bridgehead atoms. The molecule has 2 heterocycles. The quantitative estimate of drug-likeness (QED) is 0.651. The van der Waals surface area contributed by atoms with Crippen molar-refractivity contribution in [1.29, 1.82) is 0 Å². The fraction of sp³-hybridized carbons (Fsp3) is 0.500. The van der Waals surface area contributed by atoms with E-state index in [4.69, 9.17) is 4.74 Å². The van der Waals surface area contributed by atoms with Crippen LogP contribution < -0.4 is 0 Å². The lowest BCUT2D eigenvalue weighted by molar-refractivity contribution is 0.0341. The fourth-order valence-corrected chi connectivity index (χ4v) is 5.83. The monoisotopic (exact) mass is 485 g/mol. The Morgan fingerprint density at radius 2 is 1.56 bits per heavy atom. The van der Waals surface area contributed by atoms with Crippen molar-refractivity contribution >= 4 is 15.9 Å². The highest BCUT2D eigenvalue weighted by atomic mass is 32.2. The van der Waals surface area contributed by atoms with E-state index in [2.05, 4.69) is 25.7 Å². The minimum absolute atomic E-state index is 0.0340. The van der Waals surface area contributed by atoms with Gasteiger partial charge in [0.05, 0.1) is 18.1 Å². The molecule has 0 atom stereocenters. The maximum atomic E-state index is 13.1. The van der Waals surface area contributed by atoms with Crippen molar-refractivity contribution < 1.29 is 17.9 Å². The summed E-state index contributed by atoms with van der Waals surface area (Å²) in [6, 6.07) is 14.9. The number of rotatable bonds is 5. The fourth-order valence-electron chi connectivity index (χ4n) is 4.41. The highest BCUT2D eigenvalue weighted by Gasteiger charge is 2.31. The number of carbonyl (C=O) groups excluding carboxylic acids is 1. The zero-order chi connectivity index (χ0) is 24.3. The molecular weight excluding hydrogens is 450 g/mol. The van der Waals surface area contributed by atoms with Gasteiger partial charge in [0.15, 0.2) is 0 Å². The minimum atomic E-state index is -3.58. The Morgan fingerprint density at radius 3 is 2.18 bits per heavy atom. The highest BCUT2D eigenvalue weighted by molar-refractivity contribution is 7.89. The molecule has 0 aromatic heterocycles. The standard InChI is InChI=1S/C26H35N3O4S/c1-26(2,3)23-7-9-24(10-8-23)34(31,32)29-13-11-28(12-14-29)25(30)22-6-4-5-21(19-22)20-27-15-17-33-18-16-27/h4-10,19H,11-18,20H2,1-3H3. The first-order valence-corrected chi connectivity index (χ1v) is 13.4. The molecule has 2 aromatic carbocycles. The van der Waals surface area contributed by atoms with Crippen LogP contribution in [-0.2, 0) is 26.7 Å². The molecule has 2 aliphatic heterocycles. The molecule has 2 aliphatic rings. The lowest BCUT2D eigenvalue weighted by atomic mass is 9.87. The highest BCUT2D eigenvalue weighted by Crippen LogP contribution is 2.25. The maximum absolute atomic E-state index is 13.1. The topological polar surface area (TPSA) is 70.2 Å². The van der Waals surface area contributed by atoms with E-state index in [-0.39, 0.29) is 11.3 Å². The number of carbonyl (C=O) groups is 1. The summed E-state index contributed by atoms with van der Waals surface area (Å²) < 4.78 is 33.2. The van der Waals surface area contributed by atoms with Crippen molar-refractivity contribution in [3.8, 4) is 0 Å². The zero-order valence-electron chi connectivity index (χ0n) is 20.4. The van der Waals surface area contributed by atoms with Crippen molar-refractivity contribution in [2.75, 3.05) is 52.5 Å². The lowest BCUT2D eigenvalue weighted by Crippen LogP contribution is -2.50. The molecule has 34 heavy (non-hydrogen) atoms. The summed E-state index contributed by atoms with van der Waals surface area (Å²) in [5, 5.41) is 0. The molecule has 7 nitrogen and oxygen atoms in total. The van der Waals surface area contributed by atoms with Gasteiger partial charge in [-0.25, -0.2) is 8.42 Å². The van der Waals surface area contributed by atoms with Gasteiger partial charge >= 0.3 is 0 Å². The number of sulfonamides is 1. The van der Waals surface area contributed by atoms with E-state index in [9.17, 15) is 13.2 Å². The normalized spacial score (nSPS) is 18.7. The molecule has 0 unspecified atom stereocenters. The van der Waals surface area contributed by atoms with Crippen LogP contribution in [0, 0.1) is 0 Å². The smallest absolute Gasteiger partial charge is 0.253 e. The average molecular weight is 486 g/mol. The molecule has 0 radical (unpaired) electrons. The Morgan fingerprint density at radius 1 is 0.912 bits per heavy atom. The van der Waals surface area contributed by atoms with Crippen LogP contribution in [0.2, 0.25) is 0 Å². The second-order valence-electron chi connectivity index (χ2n) is 10.1. The number of piperazine rings is 1. The van der Waals surface area contributed by atoms with Gasteiger partial charge in [-0.3, -0.25) is 9.69 Å². The second-order valence-corrected chi connectivity index (χ2v) is 12.0. The molecule has 2 saturated heterocycles. The molecule has 184 valence electrons. The molecule has 4 rings (SSSR count). The van der Waals surface area contributed by atoms with E-state index >= 15 is 0 Å². The minimum Gasteiger partial charge on any atom is -0.379 e. The molecule has 0 aliphatic carbocycles. The average Bonchev–Trinajstić information content (AvgIpc) is 2.84. The first-order valence-electron chi connectivity index (χ1n) is 11.9. The summed E-state index contributed by atoms with van der Waals surface area (Å²) in [6.45, 7) is 11.7. The van der Waals surface area contributed by atoms with Crippen LogP contribution in [0.4, 0.5) is 0 Å². The molecule has 8 heteroatoms. The van der Waals surface area contributed by atoms with E-state index in [0.29, 0.717) is 36.6 Å². The van der Waals surface area contributed by atoms with E-state index in [1.807, 2.05) is 36.4 Å². The maximum Gasteiger partial charge on any atom is 0.253 e. The zero-order valence-corrected chi connectivity index (χ0v) is 21.2. The predicted octanol–water partition coefficient (Wildman–Crippen LogP) is 2.96. The Labute approximate surface area is 203 Å². The molecular formula is C26H35N3O4S. The van der Waals surface area contributed by atoms with Gasteiger partial charge in [0.25, 0.3) is 5.91 Å². The van der Waals surface area contributed by atoms with Gasteiger partial charge in [-0.05, 0) is 40.8 Å². The van der Waals surface area contributed by atoms with Gasteiger partial charge in [-0.1, -0.05) is 45.0 Å². The largest absolute Gasteiger partial charge is 0.379 e. The van der Waals surface area contributed by atoms with Crippen LogP contribution in [0.1, 0.15) is 42.3 Å². The number of morpholine rings is 1. The lowest BCUT2D eigenvalue weighted by Gasteiger charge is -2.34. The van der Waals surface area contributed by atoms with Crippen LogP contribution >= 0.6 is 0 Å². The Hall–Kier alpha value is -2.26. The van der Waals surface area contributed by atoms with Gasteiger partial charge in [-0.15, -0.1) is 0 Å². The number of benzene rings is 2. The molecule has 0 N–H and O–H groups in total. The number of amides is 1. The molecule has 2 aromatic rings. The number of nitrogens with zero attached hydrogens (tertiary/aromatic N) is 3. The number of hydrogen-bond acceptors (Lipinski definition) is 5. The van der Waals surface area contributed by atoms with Gasteiger partial charge in [0.2, 0.25) is 10.0 Å². The summed E-state index contributed by atoms with van der Waals surface area (Å²) >= 11 is 0. The molecule has 0 spiro atoms. The van der Waals surface area contributed by atoms with Crippen LogP contribution in [0.25, 0.3) is 0 Å². The third kappa shape index (κ3) is 5.68. The summed E-state index contributed by atoms with van der Waals surface area (Å²) in [6.07, 6.45) is 0. The number of hydrogen-bond donors (Lipinski definition) is 0. The first-order chi connectivity index (χ1) is 16.1. The van der Waals surface area contributed by atoms with Crippen molar-refractivity contribution in [1.82, 2.24) is 14.1 Å². The van der Waals surface area contributed by atoms with E-state index in [1.54, 1.807) is 17.0 Å². The van der Waals surface area contributed by atoms with Gasteiger partial charge in [0, 0.05) is 51.4 Å². The Bertz CT molecular complexity index is 1100. The first kappa shape index (κ1) is 24.9. The predicted molar refractivity (Wildman–Crippen MR) is 132 cm³/mol. The van der Waals surface area contributed by atoms with Gasteiger partial charge in [0.1, 0.15) is 0 Å². The number of ether oxygens (including phenoxy) is 1.